The highest BCUT2D eigenvalue weighted by Crippen LogP contribution is 2.45. The molecule has 2 aromatic carbocycles. The molecule has 0 radical (unpaired) electrons. The number of unbranched alkanes of at least 4 members (excludes halogenated alkanes) is 5. The van der Waals surface area contributed by atoms with Gasteiger partial charge in [-0.25, -0.2) is 0 Å². The lowest BCUT2D eigenvalue weighted by atomic mass is 9.85. The molecule has 3 aliphatic rings. The van der Waals surface area contributed by atoms with Gasteiger partial charge in [0.05, 0.1) is 42.3 Å². The Morgan fingerprint density at radius 3 is 1.91 bits per heavy atom. The van der Waals surface area contributed by atoms with Gasteiger partial charge in [0.1, 0.15) is 5.75 Å². The summed E-state index contributed by atoms with van der Waals surface area (Å²) in [4.78, 5) is 26.7. The number of ether oxygens (including phenoxy) is 2. The van der Waals surface area contributed by atoms with Crippen LogP contribution in [0.15, 0.2) is 60.7 Å². The largest absolute Gasteiger partial charge is 0.494 e. The van der Waals surface area contributed by atoms with Crippen molar-refractivity contribution in [2.75, 3.05) is 13.2 Å². The van der Waals surface area contributed by atoms with Gasteiger partial charge in [-0.2, -0.15) is 5.26 Å². The first-order valence-corrected chi connectivity index (χ1v) is 12.6. The van der Waals surface area contributed by atoms with Crippen LogP contribution in [0.4, 0.5) is 0 Å². The van der Waals surface area contributed by atoms with Crippen molar-refractivity contribution in [3.63, 3.8) is 0 Å². The molecule has 3 heterocycles. The molecule has 2 saturated heterocycles. The first kappa shape index (κ1) is 23.3. The van der Waals surface area contributed by atoms with E-state index in [0.717, 1.165) is 55.4 Å². The first-order valence-electron chi connectivity index (χ1n) is 12.6. The van der Waals surface area contributed by atoms with E-state index in [1.165, 1.54) is 4.90 Å². The highest BCUT2D eigenvalue weighted by Gasteiger charge is 2.60. The highest BCUT2D eigenvalue weighted by atomic mass is 16.5. The molecular weight excluding hydrogens is 440 g/mol. The molecule has 0 aromatic heterocycles. The van der Waals surface area contributed by atoms with Crippen LogP contribution in [0.25, 0.3) is 11.1 Å². The Morgan fingerprint density at radius 1 is 0.771 bits per heavy atom. The van der Waals surface area contributed by atoms with Gasteiger partial charge < -0.3 is 9.47 Å². The molecule has 0 N–H and O–H groups in total. The molecular formula is C29H30N2O4. The number of nitrogens with zero attached hydrogens (tertiary/aromatic N) is 2. The van der Waals surface area contributed by atoms with Crippen molar-refractivity contribution < 1.29 is 19.1 Å². The molecule has 6 heteroatoms. The molecule has 2 aromatic rings. The van der Waals surface area contributed by atoms with Crippen molar-refractivity contribution in [3.8, 4) is 22.9 Å². The van der Waals surface area contributed by atoms with Crippen LogP contribution in [0, 0.1) is 23.2 Å². The van der Waals surface area contributed by atoms with E-state index in [1.807, 2.05) is 60.7 Å². The van der Waals surface area contributed by atoms with Crippen LogP contribution in [0.1, 0.15) is 44.1 Å². The standard InChI is InChI=1S/C29H30N2O4/c30-19-20-7-9-21(10-8-20)22-11-13-23(14-12-22)34-18-6-4-2-1-3-5-17-31-28(32)26-24-15-16-25(35-24)27(26)29(31)33/h7-16,24-27H,1-6,17-18H2. The Morgan fingerprint density at radius 2 is 1.31 bits per heavy atom. The van der Waals surface area contributed by atoms with E-state index in [-0.39, 0.29) is 35.9 Å². The molecule has 0 spiro atoms. The summed E-state index contributed by atoms with van der Waals surface area (Å²) in [7, 11) is 0. The maximum absolute atomic E-state index is 12.6. The quantitative estimate of drug-likeness (QED) is 0.266. The van der Waals surface area contributed by atoms with Crippen molar-refractivity contribution in [2.24, 2.45) is 11.8 Å². The third-order valence-electron chi connectivity index (χ3n) is 7.25. The lowest BCUT2D eigenvalue weighted by Gasteiger charge is -2.17. The van der Waals surface area contributed by atoms with Gasteiger partial charge in [-0.3, -0.25) is 14.5 Å². The molecule has 2 amide bonds. The number of hydrogen-bond donors (Lipinski definition) is 0. The number of carbonyl (C=O) groups excluding carboxylic acids is 2. The molecule has 180 valence electrons. The van der Waals surface area contributed by atoms with Crippen LogP contribution in [0.3, 0.4) is 0 Å². The molecule has 35 heavy (non-hydrogen) atoms. The average Bonchev–Trinajstić information content (AvgIpc) is 3.58. The monoisotopic (exact) mass is 470 g/mol. The number of hydrogen-bond acceptors (Lipinski definition) is 5. The fourth-order valence-corrected chi connectivity index (χ4v) is 5.34. The van der Waals surface area contributed by atoms with Gasteiger partial charge in [0.25, 0.3) is 0 Å². The van der Waals surface area contributed by atoms with E-state index in [1.54, 1.807) is 0 Å². The number of carbonyl (C=O) groups is 2. The number of amides is 2. The molecule has 4 atom stereocenters. The maximum atomic E-state index is 12.6. The molecule has 2 fully saturated rings. The minimum absolute atomic E-state index is 0.0427. The summed E-state index contributed by atoms with van der Waals surface area (Å²) in [5.41, 5.74) is 2.84. The molecule has 0 saturated carbocycles. The molecule has 5 rings (SSSR count). The van der Waals surface area contributed by atoms with Gasteiger partial charge in [0.15, 0.2) is 0 Å². The second-order valence-electron chi connectivity index (χ2n) is 9.51. The minimum atomic E-state index is -0.287. The third-order valence-corrected chi connectivity index (χ3v) is 7.25. The van der Waals surface area contributed by atoms with E-state index < -0.39 is 0 Å². The van der Waals surface area contributed by atoms with E-state index in [4.69, 9.17) is 14.7 Å². The highest BCUT2D eigenvalue weighted by molar-refractivity contribution is 6.06. The Labute approximate surface area is 206 Å². The van der Waals surface area contributed by atoms with Crippen molar-refractivity contribution in [1.29, 1.82) is 5.26 Å². The van der Waals surface area contributed by atoms with Crippen molar-refractivity contribution in [1.82, 2.24) is 4.90 Å². The van der Waals surface area contributed by atoms with Crippen LogP contribution in [-0.4, -0.2) is 42.1 Å². The van der Waals surface area contributed by atoms with Crippen molar-refractivity contribution >= 4 is 11.8 Å². The fourth-order valence-electron chi connectivity index (χ4n) is 5.34. The summed E-state index contributed by atoms with van der Waals surface area (Å²) in [5, 5.41) is 8.91. The van der Waals surface area contributed by atoms with E-state index >= 15 is 0 Å². The number of likely N-dealkylation sites (tertiary alicyclic amines) is 1. The Bertz CT molecular complexity index is 1100. The van der Waals surface area contributed by atoms with Crippen LogP contribution in [-0.2, 0) is 14.3 Å². The van der Waals surface area contributed by atoms with Gasteiger partial charge in [-0.05, 0) is 48.2 Å². The van der Waals surface area contributed by atoms with E-state index in [0.29, 0.717) is 18.7 Å². The average molecular weight is 471 g/mol. The normalized spacial score (nSPS) is 24.1. The van der Waals surface area contributed by atoms with Gasteiger partial charge in [-0.1, -0.05) is 62.1 Å². The first-order chi connectivity index (χ1) is 17.2. The SMILES string of the molecule is N#Cc1ccc(-c2ccc(OCCCCCCCCN3C(=O)C4C5C=CC(O5)C4C3=O)cc2)cc1. The molecule has 3 aliphatic heterocycles. The van der Waals surface area contributed by atoms with Crippen LogP contribution >= 0.6 is 0 Å². The number of benzene rings is 2. The van der Waals surface area contributed by atoms with Gasteiger partial charge >= 0.3 is 0 Å². The lowest BCUT2D eigenvalue weighted by Crippen LogP contribution is -2.35. The van der Waals surface area contributed by atoms with Crippen LogP contribution in [0.5, 0.6) is 5.75 Å². The van der Waals surface area contributed by atoms with Crippen LogP contribution in [0.2, 0.25) is 0 Å². The van der Waals surface area contributed by atoms with Gasteiger partial charge in [0, 0.05) is 6.54 Å². The van der Waals surface area contributed by atoms with Crippen molar-refractivity contribution in [2.45, 2.75) is 50.7 Å². The molecule has 0 aliphatic carbocycles. The fraction of sp³-hybridized carbons (Fsp3) is 0.414. The molecule has 4 unspecified atom stereocenters. The number of nitriles is 1. The maximum Gasteiger partial charge on any atom is 0.236 e. The zero-order chi connectivity index (χ0) is 24.2. The van der Waals surface area contributed by atoms with Crippen molar-refractivity contribution in [3.05, 3.63) is 66.2 Å². The zero-order valence-corrected chi connectivity index (χ0v) is 19.8. The predicted molar refractivity (Wildman–Crippen MR) is 131 cm³/mol. The summed E-state index contributed by atoms with van der Waals surface area (Å²) < 4.78 is 11.5. The second kappa shape index (κ2) is 10.5. The third kappa shape index (κ3) is 4.87. The summed E-state index contributed by atoms with van der Waals surface area (Å²) >= 11 is 0. The topological polar surface area (TPSA) is 79.6 Å². The Balaban J connectivity index is 0.936. The smallest absolute Gasteiger partial charge is 0.236 e. The van der Waals surface area contributed by atoms with Gasteiger partial charge in [-0.15, -0.1) is 0 Å². The summed E-state index contributed by atoms with van der Waals surface area (Å²) in [6, 6.07) is 17.7. The predicted octanol–water partition coefficient (Wildman–Crippen LogP) is 4.88. The number of fused-ring (bicyclic) bond motifs is 5. The number of imide groups is 1. The Hall–Kier alpha value is -3.43. The summed E-state index contributed by atoms with van der Waals surface area (Å²) in [6.07, 6.45) is 9.65. The van der Waals surface area contributed by atoms with Crippen LogP contribution < -0.4 is 4.74 Å². The zero-order valence-electron chi connectivity index (χ0n) is 19.8. The number of rotatable bonds is 11. The minimum Gasteiger partial charge on any atom is -0.494 e. The lowest BCUT2D eigenvalue weighted by molar-refractivity contribution is -0.142. The Kier molecular flexibility index (Phi) is 6.96. The van der Waals surface area contributed by atoms with Gasteiger partial charge in [0.2, 0.25) is 11.8 Å². The summed E-state index contributed by atoms with van der Waals surface area (Å²) in [5.74, 6) is 0.202. The second-order valence-corrected chi connectivity index (χ2v) is 9.51. The molecule has 2 bridgehead atoms. The van der Waals surface area contributed by atoms with E-state index in [2.05, 4.69) is 6.07 Å². The molecule has 6 nitrogen and oxygen atoms in total. The van der Waals surface area contributed by atoms with E-state index in [9.17, 15) is 9.59 Å². The summed E-state index contributed by atoms with van der Waals surface area (Å²) in [6.45, 7) is 1.22.